The molecule has 0 radical (unpaired) electrons. The third-order valence-electron chi connectivity index (χ3n) is 3.50. The maximum atomic E-state index is 9.29. The fourth-order valence-corrected chi connectivity index (χ4v) is 2.58. The number of aryl methyl sites for hydroxylation is 1. The van der Waals surface area contributed by atoms with Crippen molar-refractivity contribution in [2.24, 2.45) is 5.92 Å². The Morgan fingerprint density at radius 1 is 1.44 bits per heavy atom. The molecule has 5 heteroatoms. The number of hydrogen-bond donors (Lipinski definition) is 1. The second kappa shape index (κ2) is 5.85. The van der Waals surface area contributed by atoms with E-state index in [4.69, 9.17) is 11.6 Å². The summed E-state index contributed by atoms with van der Waals surface area (Å²) in [4.78, 5) is 11.1. The van der Waals surface area contributed by atoms with Crippen molar-refractivity contribution in [3.8, 4) is 0 Å². The van der Waals surface area contributed by atoms with Crippen LogP contribution in [0.2, 0.25) is 5.15 Å². The molecule has 1 fully saturated rings. The Kier molecular flexibility index (Phi) is 4.40. The van der Waals surface area contributed by atoms with Crippen molar-refractivity contribution >= 4 is 17.4 Å². The fraction of sp³-hybridized carbons (Fsp3) is 0.692. The van der Waals surface area contributed by atoms with Crippen LogP contribution in [0.4, 0.5) is 5.82 Å². The lowest BCUT2D eigenvalue weighted by atomic mass is 9.99. The second-order valence-electron chi connectivity index (χ2n) is 4.87. The number of rotatable bonds is 3. The van der Waals surface area contributed by atoms with Gasteiger partial charge in [0, 0.05) is 31.7 Å². The lowest BCUT2D eigenvalue weighted by Gasteiger charge is -2.33. The highest BCUT2D eigenvalue weighted by molar-refractivity contribution is 6.30. The van der Waals surface area contributed by atoms with E-state index in [2.05, 4.69) is 14.9 Å². The van der Waals surface area contributed by atoms with Crippen LogP contribution in [-0.2, 0) is 6.42 Å². The summed E-state index contributed by atoms with van der Waals surface area (Å²) in [6.07, 6.45) is 2.96. The molecule has 4 nitrogen and oxygen atoms in total. The normalized spacial score (nSPS) is 20.2. The minimum Gasteiger partial charge on any atom is -0.396 e. The van der Waals surface area contributed by atoms with E-state index in [1.807, 2.05) is 13.8 Å². The van der Waals surface area contributed by atoms with Gasteiger partial charge in [0.15, 0.2) is 0 Å². The number of nitrogens with zero attached hydrogens (tertiary/aromatic N) is 3. The van der Waals surface area contributed by atoms with Crippen LogP contribution in [0, 0.1) is 12.8 Å². The van der Waals surface area contributed by atoms with Gasteiger partial charge in [-0.1, -0.05) is 18.5 Å². The third-order valence-corrected chi connectivity index (χ3v) is 3.87. The molecule has 1 aliphatic heterocycles. The lowest BCUT2D eigenvalue weighted by molar-refractivity contribution is 0.208. The molecule has 0 aliphatic carbocycles. The van der Waals surface area contributed by atoms with Crippen LogP contribution >= 0.6 is 11.6 Å². The van der Waals surface area contributed by atoms with Gasteiger partial charge in [0.1, 0.15) is 16.8 Å². The van der Waals surface area contributed by atoms with Gasteiger partial charge >= 0.3 is 0 Å². The first-order valence-electron chi connectivity index (χ1n) is 6.54. The topological polar surface area (TPSA) is 49.2 Å². The molecule has 1 N–H and O–H groups in total. The Bertz CT molecular complexity index is 425. The van der Waals surface area contributed by atoms with Gasteiger partial charge in [-0.2, -0.15) is 0 Å². The predicted octanol–water partition coefficient (Wildman–Crippen LogP) is 2.21. The van der Waals surface area contributed by atoms with E-state index in [0.717, 1.165) is 49.6 Å². The molecule has 1 saturated heterocycles. The zero-order valence-electron chi connectivity index (χ0n) is 11.0. The molecular weight excluding hydrogens is 250 g/mol. The van der Waals surface area contributed by atoms with E-state index in [-0.39, 0.29) is 6.61 Å². The Hall–Kier alpha value is -0.870. The first-order valence-corrected chi connectivity index (χ1v) is 6.92. The highest BCUT2D eigenvalue weighted by Crippen LogP contribution is 2.27. The van der Waals surface area contributed by atoms with E-state index < -0.39 is 0 Å². The molecule has 0 aromatic carbocycles. The molecule has 1 aromatic heterocycles. The number of aliphatic hydroxyl groups is 1. The first kappa shape index (κ1) is 13.6. The zero-order valence-corrected chi connectivity index (χ0v) is 11.7. The summed E-state index contributed by atoms with van der Waals surface area (Å²) in [5.74, 6) is 2.06. The Balaban J connectivity index is 2.28. The molecule has 1 aliphatic rings. The molecule has 1 unspecified atom stereocenters. The number of aromatic nitrogens is 2. The summed E-state index contributed by atoms with van der Waals surface area (Å²) in [6.45, 7) is 6.06. The van der Waals surface area contributed by atoms with Crippen molar-refractivity contribution in [3.63, 3.8) is 0 Å². The Morgan fingerprint density at radius 2 is 2.22 bits per heavy atom. The van der Waals surface area contributed by atoms with Crippen LogP contribution < -0.4 is 4.90 Å². The SMILES string of the molecule is CCc1nc(Cl)c(C)c(N2CCCC(CO)C2)n1. The molecular formula is C13H20ClN3O. The van der Waals surface area contributed by atoms with Gasteiger partial charge in [-0.15, -0.1) is 0 Å². The van der Waals surface area contributed by atoms with Crippen LogP contribution in [0.5, 0.6) is 0 Å². The molecule has 18 heavy (non-hydrogen) atoms. The number of piperidine rings is 1. The monoisotopic (exact) mass is 269 g/mol. The van der Waals surface area contributed by atoms with Gasteiger partial charge in [-0.05, 0) is 25.7 Å². The van der Waals surface area contributed by atoms with Crippen LogP contribution in [-0.4, -0.2) is 34.8 Å². The van der Waals surface area contributed by atoms with Crippen LogP contribution in [0.25, 0.3) is 0 Å². The van der Waals surface area contributed by atoms with Crippen molar-refractivity contribution in [1.29, 1.82) is 0 Å². The van der Waals surface area contributed by atoms with Crippen molar-refractivity contribution in [3.05, 3.63) is 16.5 Å². The average Bonchev–Trinajstić information content (AvgIpc) is 2.41. The van der Waals surface area contributed by atoms with Gasteiger partial charge in [0.25, 0.3) is 0 Å². The van der Waals surface area contributed by atoms with Gasteiger partial charge in [0.05, 0.1) is 0 Å². The predicted molar refractivity (Wildman–Crippen MR) is 73.2 cm³/mol. The van der Waals surface area contributed by atoms with E-state index in [1.165, 1.54) is 0 Å². The quantitative estimate of drug-likeness (QED) is 0.855. The summed E-state index contributed by atoms with van der Waals surface area (Å²) < 4.78 is 0. The molecule has 1 atom stereocenters. The van der Waals surface area contributed by atoms with Crippen molar-refractivity contribution in [1.82, 2.24) is 9.97 Å². The Morgan fingerprint density at radius 3 is 2.89 bits per heavy atom. The molecule has 1 aromatic rings. The molecule has 0 amide bonds. The molecule has 100 valence electrons. The minimum atomic E-state index is 0.245. The number of anilines is 1. The summed E-state index contributed by atoms with van der Waals surface area (Å²) in [5.41, 5.74) is 0.937. The van der Waals surface area contributed by atoms with Gasteiger partial charge < -0.3 is 10.0 Å². The van der Waals surface area contributed by atoms with E-state index in [9.17, 15) is 5.11 Å². The number of halogens is 1. The zero-order chi connectivity index (χ0) is 13.1. The number of hydrogen-bond acceptors (Lipinski definition) is 4. The van der Waals surface area contributed by atoms with Crippen molar-refractivity contribution in [2.75, 3.05) is 24.6 Å². The summed E-state index contributed by atoms with van der Waals surface area (Å²) in [7, 11) is 0. The van der Waals surface area contributed by atoms with E-state index in [1.54, 1.807) is 0 Å². The van der Waals surface area contributed by atoms with Crippen molar-refractivity contribution < 1.29 is 5.11 Å². The standard InChI is InChI=1S/C13H20ClN3O/c1-3-11-15-12(14)9(2)13(16-11)17-6-4-5-10(7-17)8-18/h10,18H,3-8H2,1-2H3. The summed E-state index contributed by atoms with van der Waals surface area (Å²) in [6, 6.07) is 0. The average molecular weight is 270 g/mol. The molecule has 0 spiro atoms. The van der Waals surface area contributed by atoms with E-state index >= 15 is 0 Å². The van der Waals surface area contributed by atoms with Crippen LogP contribution in [0.3, 0.4) is 0 Å². The van der Waals surface area contributed by atoms with Gasteiger partial charge in [-0.25, -0.2) is 9.97 Å². The summed E-state index contributed by atoms with van der Waals surface area (Å²) >= 11 is 6.16. The largest absolute Gasteiger partial charge is 0.396 e. The third kappa shape index (κ3) is 2.75. The molecule has 0 bridgehead atoms. The van der Waals surface area contributed by atoms with E-state index in [0.29, 0.717) is 11.1 Å². The van der Waals surface area contributed by atoms with Crippen LogP contribution in [0.1, 0.15) is 31.2 Å². The second-order valence-corrected chi connectivity index (χ2v) is 5.23. The smallest absolute Gasteiger partial charge is 0.137 e. The molecule has 0 saturated carbocycles. The molecule has 2 rings (SSSR count). The highest BCUT2D eigenvalue weighted by atomic mass is 35.5. The minimum absolute atomic E-state index is 0.245. The lowest BCUT2D eigenvalue weighted by Crippen LogP contribution is -2.38. The Labute approximate surface area is 113 Å². The highest BCUT2D eigenvalue weighted by Gasteiger charge is 2.23. The number of aliphatic hydroxyl groups excluding tert-OH is 1. The van der Waals surface area contributed by atoms with Crippen molar-refractivity contribution in [2.45, 2.75) is 33.1 Å². The molecule has 2 heterocycles. The maximum Gasteiger partial charge on any atom is 0.137 e. The van der Waals surface area contributed by atoms with Gasteiger partial charge in [-0.3, -0.25) is 0 Å². The van der Waals surface area contributed by atoms with Gasteiger partial charge in [0.2, 0.25) is 0 Å². The fourth-order valence-electron chi connectivity index (χ4n) is 2.39. The summed E-state index contributed by atoms with van der Waals surface area (Å²) in [5, 5.41) is 9.84. The maximum absolute atomic E-state index is 9.29. The first-order chi connectivity index (χ1) is 8.65. The van der Waals surface area contributed by atoms with Crippen LogP contribution in [0.15, 0.2) is 0 Å².